The van der Waals surface area contributed by atoms with Gasteiger partial charge in [0.05, 0.1) is 6.21 Å². The highest BCUT2D eigenvalue weighted by Gasteiger charge is 2.32. The molecule has 1 unspecified atom stereocenters. The first-order valence-electron chi connectivity index (χ1n) is 10.5. The Morgan fingerprint density at radius 1 is 1.06 bits per heavy atom. The van der Waals surface area contributed by atoms with Crippen molar-refractivity contribution in [3.05, 3.63) is 95.8 Å². The van der Waals surface area contributed by atoms with Gasteiger partial charge in [0, 0.05) is 17.7 Å². The van der Waals surface area contributed by atoms with Crippen molar-refractivity contribution in [2.75, 3.05) is 5.32 Å². The molecule has 0 aliphatic carbocycles. The largest absolute Gasteiger partial charge is 0.488 e. The Morgan fingerprint density at radius 2 is 1.79 bits per heavy atom. The average molecular weight is 477 g/mol. The van der Waals surface area contributed by atoms with Crippen LogP contribution in [-0.2, 0) is 16.2 Å². The van der Waals surface area contributed by atoms with Gasteiger partial charge in [-0.05, 0) is 42.0 Å². The summed E-state index contributed by atoms with van der Waals surface area (Å²) >= 11 is 1.16. The number of rotatable bonds is 8. The van der Waals surface area contributed by atoms with E-state index in [1.165, 1.54) is 18.3 Å². The normalized spacial score (nSPS) is 16.6. The Hall–Kier alpha value is -3.98. The van der Waals surface area contributed by atoms with Gasteiger partial charge < -0.3 is 15.4 Å². The summed E-state index contributed by atoms with van der Waals surface area (Å²) in [7, 11) is 0. The molecule has 0 spiro atoms. The van der Waals surface area contributed by atoms with E-state index in [-0.39, 0.29) is 30.7 Å². The van der Waals surface area contributed by atoms with E-state index in [9.17, 15) is 14.0 Å². The van der Waals surface area contributed by atoms with Crippen molar-refractivity contribution in [1.29, 1.82) is 0 Å². The van der Waals surface area contributed by atoms with E-state index in [0.717, 1.165) is 17.3 Å². The van der Waals surface area contributed by atoms with Crippen molar-refractivity contribution >= 4 is 40.6 Å². The molecule has 3 aromatic carbocycles. The highest BCUT2D eigenvalue weighted by molar-refractivity contribution is 8.15. The number of carbonyl (C=O) groups excluding carboxylic acids is 2. The third-order valence-corrected chi connectivity index (χ3v) is 5.85. The van der Waals surface area contributed by atoms with Crippen molar-refractivity contribution in [1.82, 2.24) is 5.32 Å². The van der Waals surface area contributed by atoms with Gasteiger partial charge in [0.2, 0.25) is 11.8 Å². The maximum Gasteiger partial charge on any atom is 0.240 e. The van der Waals surface area contributed by atoms with Crippen molar-refractivity contribution in [2.24, 2.45) is 10.2 Å². The zero-order valence-electron chi connectivity index (χ0n) is 18.0. The van der Waals surface area contributed by atoms with Crippen molar-refractivity contribution < 1.29 is 18.7 Å². The summed E-state index contributed by atoms with van der Waals surface area (Å²) < 4.78 is 18.9. The van der Waals surface area contributed by atoms with Crippen LogP contribution in [0, 0.1) is 5.82 Å². The van der Waals surface area contributed by atoms with Gasteiger partial charge in [0.15, 0.2) is 5.17 Å². The highest BCUT2D eigenvalue weighted by Crippen LogP contribution is 2.23. The summed E-state index contributed by atoms with van der Waals surface area (Å²) in [4.78, 5) is 24.4. The second-order valence-corrected chi connectivity index (χ2v) is 8.51. The average Bonchev–Trinajstić information content (AvgIpc) is 3.18. The van der Waals surface area contributed by atoms with Crippen LogP contribution in [0.3, 0.4) is 0 Å². The predicted octanol–water partition coefficient (Wildman–Crippen LogP) is 4.36. The van der Waals surface area contributed by atoms with E-state index in [4.69, 9.17) is 4.74 Å². The Morgan fingerprint density at radius 3 is 2.59 bits per heavy atom. The molecule has 0 aromatic heterocycles. The minimum Gasteiger partial charge on any atom is -0.488 e. The Bertz CT molecular complexity index is 1220. The Labute approximate surface area is 200 Å². The molecule has 2 N–H and O–H groups in total. The lowest BCUT2D eigenvalue weighted by Crippen LogP contribution is -2.28. The first-order chi connectivity index (χ1) is 16.6. The van der Waals surface area contributed by atoms with Gasteiger partial charge in [-0.25, -0.2) is 4.39 Å². The lowest BCUT2D eigenvalue weighted by atomic mass is 10.2. The lowest BCUT2D eigenvalue weighted by molar-refractivity contribution is -0.122. The summed E-state index contributed by atoms with van der Waals surface area (Å²) in [5.41, 5.74) is 2.21. The van der Waals surface area contributed by atoms with E-state index in [1.54, 1.807) is 30.3 Å². The van der Waals surface area contributed by atoms with Gasteiger partial charge in [0.25, 0.3) is 0 Å². The number of amides is 2. The molecule has 1 saturated heterocycles. The van der Waals surface area contributed by atoms with Crippen LogP contribution >= 0.6 is 11.8 Å². The third kappa shape index (κ3) is 6.52. The molecule has 3 aromatic rings. The number of ether oxygens (including phenoxy) is 1. The number of amidine groups is 1. The monoisotopic (exact) mass is 476 g/mol. The smallest absolute Gasteiger partial charge is 0.240 e. The molecule has 4 rings (SSSR count). The second-order valence-electron chi connectivity index (χ2n) is 7.32. The maximum atomic E-state index is 13.1. The molecule has 0 saturated carbocycles. The fourth-order valence-corrected chi connectivity index (χ4v) is 4.02. The third-order valence-electron chi connectivity index (χ3n) is 4.78. The van der Waals surface area contributed by atoms with Crippen LogP contribution in [0.4, 0.5) is 10.1 Å². The van der Waals surface area contributed by atoms with Crippen LogP contribution in [0.25, 0.3) is 0 Å². The molecule has 172 valence electrons. The molecular formula is C25H21FN4O3S. The van der Waals surface area contributed by atoms with Crippen LogP contribution in [0.5, 0.6) is 5.75 Å². The number of anilines is 1. The number of thioether (sulfide) groups is 1. The van der Waals surface area contributed by atoms with Crippen molar-refractivity contribution in [3.8, 4) is 5.75 Å². The molecule has 2 amide bonds. The molecule has 0 bridgehead atoms. The van der Waals surface area contributed by atoms with E-state index >= 15 is 0 Å². The number of para-hydroxylation sites is 2. The minimum absolute atomic E-state index is 0.0220. The Kier molecular flexibility index (Phi) is 7.67. The molecule has 1 atom stereocenters. The number of benzene rings is 3. The minimum atomic E-state index is -0.580. The molecule has 1 aliphatic heterocycles. The van der Waals surface area contributed by atoms with Crippen LogP contribution in [0.1, 0.15) is 17.5 Å². The number of hydrogen-bond acceptors (Lipinski definition) is 6. The first-order valence-corrected chi connectivity index (χ1v) is 11.3. The van der Waals surface area contributed by atoms with Gasteiger partial charge in [-0.2, -0.15) is 5.10 Å². The Balaban J connectivity index is 1.33. The number of nitrogens with one attached hydrogen (secondary N) is 2. The number of carbonyl (C=O) groups is 2. The first kappa shape index (κ1) is 23.2. The highest BCUT2D eigenvalue weighted by atomic mass is 32.2. The molecular weight excluding hydrogens is 455 g/mol. The SMILES string of the molecule is O=C(CC1S/C(=N\N=Cc2ccccc2OCc2ccc(F)cc2)NC1=O)Nc1ccccc1. The topological polar surface area (TPSA) is 92.2 Å². The molecule has 0 radical (unpaired) electrons. The maximum absolute atomic E-state index is 13.1. The van der Waals surface area contributed by atoms with Gasteiger partial charge in [0.1, 0.15) is 23.4 Å². The molecule has 9 heteroatoms. The lowest BCUT2D eigenvalue weighted by Gasteiger charge is -2.08. The van der Waals surface area contributed by atoms with E-state index in [1.807, 2.05) is 36.4 Å². The summed E-state index contributed by atoms with van der Waals surface area (Å²) in [6.07, 6.45) is 1.54. The molecule has 1 heterocycles. The zero-order chi connectivity index (χ0) is 23.8. The van der Waals surface area contributed by atoms with E-state index in [0.29, 0.717) is 22.2 Å². The van der Waals surface area contributed by atoms with Crippen LogP contribution in [0.2, 0.25) is 0 Å². The van der Waals surface area contributed by atoms with E-state index < -0.39 is 5.25 Å². The summed E-state index contributed by atoms with van der Waals surface area (Å²) in [6.45, 7) is 0.276. The quantitative estimate of drug-likeness (QED) is 0.373. The molecule has 1 fully saturated rings. The summed E-state index contributed by atoms with van der Waals surface area (Å²) in [5, 5.41) is 13.3. The summed E-state index contributed by atoms with van der Waals surface area (Å²) in [5.74, 6) is -0.248. The number of nitrogens with zero attached hydrogens (tertiary/aromatic N) is 2. The van der Waals surface area contributed by atoms with Gasteiger partial charge in [-0.15, -0.1) is 5.10 Å². The molecule has 7 nitrogen and oxygen atoms in total. The van der Waals surface area contributed by atoms with Crippen LogP contribution in [-0.4, -0.2) is 28.4 Å². The van der Waals surface area contributed by atoms with Gasteiger partial charge in [-0.1, -0.05) is 54.2 Å². The molecule has 34 heavy (non-hydrogen) atoms. The second kappa shape index (κ2) is 11.2. The van der Waals surface area contributed by atoms with Gasteiger partial charge >= 0.3 is 0 Å². The van der Waals surface area contributed by atoms with Gasteiger partial charge in [-0.3, -0.25) is 9.59 Å². The number of halogens is 1. The van der Waals surface area contributed by atoms with Crippen molar-refractivity contribution in [3.63, 3.8) is 0 Å². The van der Waals surface area contributed by atoms with Crippen LogP contribution in [0.15, 0.2) is 89.1 Å². The standard InChI is InChI=1S/C25H21FN4O3S/c26-19-12-10-17(11-13-19)16-33-21-9-5-4-6-18(21)15-27-30-25-29-24(32)22(34-25)14-23(31)28-20-7-2-1-3-8-20/h1-13,15,22H,14,16H2,(H,28,31)(H,29,30,32). The van der Waals surface area contributed by atoms with Crippen molar-refractivity contribution in [2.45, 2.75) is 18.3 Å². The number of hydrogen-bond donors (Lipinski definition) is 2. The fraction of sp³-hybridized carbons (Fsp3) is 0.120. The van der Waals surface area contributed by atoms with Crippen LogP contribution < -0.4 is 15.4 Å². The van der Waals surface area contributed by atoms with E-state index in [2.05, 4.69) is 20.8 Å². The summed E-state index contributed by atoms with van der Waals surface area (Å²) in [6, 6.07) is 22.4. The predicted molar refractivity (Wildman–Crippen MR) is 131 cm³/mol. The fourth-order valence-electron chi connectivity index (χ4n) is 3.09. The molecule has 1 aliphatic rings. The zero-order valence-corrected chi connectivity index (χ0v) is 18.8.